The summed E-state index contributed by atoms with van der Waals surface area (Å²) in [5, 5.41) is 2.36. The van der Waals surface area contributed by atoms with Crippen molar-refractivity contribution in [3.63, 3.8) is 0 Å². The van der Waals surface area contributed by atoms with Crippen molar-refractivity contribution in [2.75, 3.05) is 56.8 Å². The molecule has 190 valence electrons. The van der Waals surface area contributed by atoms with Gasteiger partial charge in [-0.2, -0.15) is 0 Å². The molecule has 0 radical (unpaired) electrons. The van der Waals surface area contributed by atoms with E-state index in [9.17, 15) is 14.4 Å². The molecule has 4 rings (SSSR count). The molecule has 2 aromatic rings. The van der Waals surface area contributed by atoms with Gasteiger partial charge in [-0.05, 0) is 77.2 Å². The number of amides is 3. The summed E-state index contributed by atoms with van der Waals surface area (Å²) in [6.07, 6.45) is 1.63. The average molecular weight is 623 g/mol. The summed E-state index contributed by atoms with van der Waals surface area (Å²) in [5.74, 6) is 0.203. The second kappa shape index (κ2) is 12.0. The smallest absolute Gasteiger partial charge is 0.294 e. The Bertz CT molecular complexity index is 1200. The standard InChI is InChI=1S/C25H26IN3O6S/c1-3-35-20-13-16(12-17(26)23(20)33-2)14-21-24(31)29(25(32)36-21)15-22(30)27-18-6-4-5-7-19(18)28-8-10-34-11-9-28/h4-7,12-14H,3,8-11,15H2,1-2H3,(H,27,30)/b21-14+. The van der Waals surface area contributed by atoms with Crippen LogP contribution in [0.15, 0.2) is 41.3 Å². The highest BCUT2D eigenvalue weighted by Gasteiger charge is 2.36. The maximum Gasteiger partial charge on any atom is 0.294 e. The number of halogens is 1. The van der Waals surface area contributed by atoms with Crippen molar-refractivity contribution in [2.24, 2.45) is 0 Å². The first-order chi connectivity index (χ1) is 17.4. The van der Waals surface area contributed by atoms with Crippen LogP contribution < -0.4 is 19.7 Å². The molecule has 2 aliphatic rings. The van der Waals surface area contributed by atoms with E-state index in [-0.39, 0.29) is 11.4 Å². The fourth-order valence-corrected chi connectivity index (χ4v) is 5.60. The third-order valence-corrected chi connectivity index (χ3v) is 7.25. The fraction of sp³-hybridized carbons (Fsp3) is 0.320. The van der Waals surface area contributed by atoms with Gasteiger partial charge in [0.25, 0.3) is 11.1 Å². The van der Waals surface area contributed by atoms with Crippen molar-refractivity contribution in [1.82, 2.24) is 4.90 Å². The maximum absolute atomic E-state index is 13.0. The Hall–Kier alpha value is -2.77. The molecule has 1 N–H and O–H groups in total. The van der Waals surface area contributed by atoms with Crippen LogP contribution in [-0.4, -0.2) is 68.5 Å². The van der Waals surface area contributed by atoms with E-state index in [2.05, 4.69) is 32.8 Å². The molecule has 0 aliphatic carbocycles. The van der Waals surface area contributed by atoms with Crippen LogP contribution in [-0.2, 0) is 14.3 Å². The summed E-state index contributed by atoms with van der Waals surface area (Å²) >= 11 is 2.94. The van der Waals surface area contributed by atoms with E-state index in [1.54, 1.807) is 25.3 Å². The molecule has 0 aromatic heterocycles. The first kappa shape index (κ1) is 26.3. The van der Waals surface area contributed by atoms with Crippen LogP contribution in [0.2, 0.25) is 0 Å². The zero-order valence-electron chi connectivity index (χ0n) is 19.9. The van der Waals surface area contributed by atoms with Crippen molar-refractivity contribution in [3.05, 3.63) is 50.4 Å². The van der Waals surface area contributed by atoms with Crippen LogP contribution in [0.4, 0.5) is 16.2 Å². The van der Waals surface area contributed by atoms with Gasteiger partial charge in [0.1, 0.15) is 6.54 Å². The van der Waals surface area contributed by atoms with E-state index in [0.717, 1.165) is 39.0 Å². The number of hydrogen-bond acceptors (Lipinski definition) is 8. The first-order valence-electron chi connectivity index (χ1n) is 11.4. The van der Waals surface area contributed by atoms with Crippen LogP contribution in [0.1, 0.15) is 12.5 Å². The molecule has 2 aliphatic heterocycles. The van der Waals surface area contributed by atoms with Gasteiger partial charge >= 0.3 is 0 Å². The number of benzene rings is 2. The van der Waals surface area contributed by atoms with Crippen molar-refractivity contribution in [1.29, 1.82) is 0 Å². The Morgan fingerprint density at radius 2 is 1.97 bits per heavy atom. The Balaban J connectivity index is 1.47. The molecule has 2 fully saturated rings. The number of hydrogen-bond donors (Lipinski definition) is 1. The molecule has 0 atom stereocenters. The number of ether oxygens (including phenoxy) is 3. The van der Waals surface area contributed by atoms with E-state index in [1.807, 2.05) is 31.2 Å². The molecular formula is C25H26IN3O6S. The van der Waals surface area contributed by atoms with E-state index in [0.29, 0.717) is 42.6 Å². The van der Waals surface area contributed by atoms with Crippen molar-refractivity contribution < 1.29 is 28.6 Å². The molecule has 11 heteroatoms. The van der Waals surface area contributed by atoms with Crippen molar-refractivity contribution in [3.8, 4) is 11.5 Å². The van der Waals surface area contributed by atoms with Gasteiger partial charge in [0.15, 0.2) is 11.5 Å². The van der Waals surface area contributed by atoms with Gasteiger partial charge < -0.3 is 24.4 Å². The second-order valence-electron chi connectivity index (χ2n) is 7.90. The number of rotatable bonds is 8. The molecule has 3 amide bonds. The van der Waals surface area contributed by atoms with Crippen LogP contribution in [0.5, 0.6) is 11.5 Å². The summed E-state index contributed by atoms with van der Waals surface area (Å²) < 4.78 is 17.3. The number of carbonyl (C=O) groups excluding carboxylic acids is 3. The summed E-state index contributed by atoms with van der Waals surface area (Å²) in [6.45, 7) is 4.62. The lowest BCUT2D eigenvalue weighted by atomic mass is 10.2. The number of imide groups is 1. The minimum atomic E-state index is -0.509. The predicted molar refractivity (Wildman–Crippen MR) is 148 cm³/mol. The highest BCUT2D eigenvalue weighted by Crippen LogP contribution is 2.37. The van der Waals surface area contributed by atoms with Gasteiger partial charge in [0.05, 0.1) is 46.8 Å². The Morgan fingerprint density at radius 1 is 1.22 bits per heavy atom. The van der Waals surface area contributed by atoms with E-state index in [4.69, 9.17) is 14.2 Å². The third kappa shape index (κ3) is 5.95. The molecule has 2 heterocycles. The SMILES string of the molecule is CCOc1cc(/C=C2/SC(=O)N(CC(=O)Nc3ccccc3N3CCOCC3)C2=O)cc(I)c1OC. The summed E-state index contributed by atoms with van der Waals surface area (Å²) in [4.78, 5) is 41.8. The zero-order valence-corrected chi connectivity index (χ0v) is 22.9. The van der Waals surface area contributed by atoms with Crippen LogP contribution in [0.25, 0.3) is 6.08 Å². The average Bonchev–Trinajstić information content (AvgIpc) is 3.12. The predicted octanol–water partition coefficient (Wildman–Crippen LogP) is 4.21. The van der Waals surface area contributed by atoms with Crippen molar-refractivity contribution >= 4 is 68.9 Å². The number of nitrogens with one attached hydrogen (secondary N) is 1. The Kier molecular flexibility index (Phi) is 8.75. The molecular weight excluding hydrogens is 597 g/mol. The normalized spacial score (nSPS) is 17.0. The summed E-state index contributed by atoms with van der Waals surface area (Å²) in [7, 11) is 1.56. The second-order valence-corrected chi connectivity index (χ2v) is 10.1. The molecule has 0 unspecified atom stereocenters. The number of methoxy groups -OCH3 is 1. The number of thioether (sulfide) groups is 1. The van der Waals surface area contributed by atoms with Gasteiger partial charge in [0.2, 0.25) is 5.91 Å². The lowest BCUT2D eigenvalue weighted by molar-refractivity contribution is -0.127. The quantitative estimate of drug-likeness (QED) is 0.345. The Labute approximate surface area is 227 Å². The van der Waals surface area contributed by atoms with Gasteiger partial charge in [-0.15, -0.1) is 0 Å². The van der Waals surface area contributed by atoms with Crippen LogP contribution in [0, 0.1) is 3.57 Å². The van der Waals surface area contributed by atoms with Crippen LogP contribution in [0.3, 0.4) is 0 Å². The summed E-state index contributed by atoms with van der Waals surface area (Å²) in [5.41, 5.74) is 2.20. The minimum absolute atomic E-state index is 0.241. The monoisotopic (exact) mass is 623 g/mol. The maximum atomic E-state index is 13.0. The molecule has 36 heavy (non-hydrogen) atoms. The van der Waals surface area contributed by atoms with Gasteiger partial charge in [-0.1, -0.05) is 12.1 Å². The number of carbonyl (C=O) groups is 3. The largest absolute Gasteiger partial charge is 0.492 e. The number of morpholine rings is 1. The van der Waals surface area contributed by atoms with Gasteiger partial charge in [-0.25, -0.2) is 0 Å². The molecule has 2 saturated heterocycles. The summed E-state index contributed by atoms with van der Waals surface area (Å²) in [6, 6.07) is 11.1. The molecule has 9 nitrogen and oxygen atoms in total. The topological polar surface area (TPSA) is 97.4 Å². The fourth-order valence-electron chi connectivity index (χ4n) is 3.91. The lowest BCUT2D eigenvalue weighted by Gasteiger charge is -2.30. The van der Waals surface area contributed by atoms with Gasteiger partial charge in [-0.3, -0.25) is 19.3 Å². The lowest BCUT2D eigenvalue weighted by Crippen LogP contribution is -2.38. The minimum Gasteiger partial charge on any atom is -0.492 e. The third-order valence-electron chi connectivity index (χ3n) is 5.54. The highest BCUT2D eigenvalue weighted by molar-refractivity contribution is 14.1. The molecule has 0 bridgehead atoms. The van der Waals surface area contributed by atoms with Crippen molar-refractivity contribution in [2.45, 2.75) is 6.92 Å². The molecule has 0 spiro atoms. The Morgan fingerprint density at radius 3 is 2.69 bits per heavy atom. The number of anilines is 2. The van der Waals surface area contributed by atoms with E-state index < -0.39 is 17.1 Å². The molecule has 2 aromatic carbocycles. The number of nitrogens with zero attached hydrogens (tertiary/aromatic N) is 2. The van der Waals surface area contributed by atoms with Crippen LogP contribution >= 0.6 is 34.4 Å². The highest BCUT2D eigenvalue weighted by atomic mass is 127. The number of para-hydroxylation sites is 2. The zero-order chi connectivity index (χ0) is 25.7. The molecule has 0 saturated carbocycles. The first-order valence-corrected chi connectivity index (χ1v) is 13.3. The van der Waals surface area contributed by atoms with Gasteiger partial charge in [0, 0.05) is 13.1 Å². The van der Waals surface area contributed by atoms with E-state index >= 15 is 0 Å². The van der Waals surface area contributed by atoms with E-state index in [1.165, 1.54) is 0 Å².